The van der Waals surface area contributed by atoms with Crippen LogP contribution in [-0.2, 0) is 21.5 Å². The number of aromatic nitrogens is 2. The number of H-pyrrole nitrogens is 1. The summed E-state index contributed by atoms with van der Waals surface area (Å²) in [6.07, 6.45) is 1.86. The van der Waals surface area contributed by atoms with Crippen LogP contribution in [-0.4, -0.2) is 46.6 Å². The number of amides is 1. The van der Waals surface area contributed by atoms with Gasteiger partial charge in [0.15, 0.2) is 6.61 Å². The van der Waals surface area contributed by atoms with E-state index >= 15 is 0 Å². The third kappa shape index (κ3) is 5.79. The summed E-state index contributed by atoms with van der Waals surface area (Å²) in [5.74, 6) is 0.909. The van der Waals surface area contributed by atoms with Gasteiger partial charge < -0.3 is 19.4 Å². The first kappa shape index (κ1) is 23.0. The number of rotatable bonds is 7. The maximum absolute atomic E-state index is 13.1. The highest BCUT2D eigenvalue weighted by atomic mass is 16.5. The van der Waals surface area contributed by atoms with Crippen molar-refractivity contribution in [2.45, 2.75) is 51.7 Å². The van der Waals surface area contributed by atoms with Crippen molar-refractivity contribution in [3.8, 4) is 5.75 Å². The van der Waals surface area contributed by atoms with E-state index in [0.29, 0.717) is 35.6 Å². The Morgan fingerprint density at radius 1 is 1.18 bits per heavy atom. The average Bonchev–Trinajstić information content (AvgIpc) is 3.30. The van der Waals surface area contributed by atoms with Gasteiger partial charge in [0, 0.05) is 13.2 Å². The van der Waals surface area contributed by atoms with E-state index in [-0.39, 0.29) is 36.1 Å². The first-order valence-corrected chi connectivity index (χ1v) is 11.4. The van der Waals surface area contributed by atoms with Gasteiger partial charge in [-0.3, -0.25) is 9.59 Å². The van der Waals surface area contributed by atoms with Crippen LogP contribution in [0.15, 0.2) is 53.3 Å². The van der Waals surface area contributed by atoms with E-state index < -0.39 is 0 Å². The molecule has 0 radical (unpaired) electrons. The zero-order valence-corrected chi connectivity index (χ0v) is 19.5. The van der Waals surface area contributed by atoms with E-state index in [1.54, 1.807) is 23.1 Å². The van der Waals surface area contributed by atoms with Crippen LogP contribution in [0.4, 0.5) is 0 Å². The Bertz CT molecular complexity index is 1160. The highest BCUT2D eigenvalue weighted by molar-refractivity contribution is 5.78. The fourth-order valence-corrected chi connectivity index (χ4v) is 3.97. The fourth-order valence-electron chi connectivity index (χ4n) is 3.97. The highest BCUT2D eigenvalue weighted by Crippen LogP contribution is 2.24. The molecule has 1 aliphatic heterocycles. The normalized spacial score (nSPS) is 16.2. The molecule has 1 unspecified atom stereocenters. The van der Waals surface area contributed by atoms with Gasteiger partial charge in [0.2, 0.25) is 0 Å². The monoisotopic (exact) mass is 449 g/mol. The summed E-state index contributed by atoms with van der Waals surface area (Å²) < 4.78 is 11.5. The van der Waals surface area contributed by atoms with Crippen LogP contribution in [0.3, 0.4) is 0 Å². The van der Waals surface area contributed by atoms with Gasteiger partial charge in [-0.05, 0) is 48.1 Å². The molecule has 7 heteroatoms. The average molecular weight is 450 g/mol. The second kappa shape index (κ2) is 9.75. The van der Waals surface area contributed by atoms with Crippen LogP contribution in [0.1, 0.15) is 45.0 Å². The molecule has 2 heterocycles. The summed E-state index contributed by atoms with van der Waals surface area (Å²) in [4.78, 5) is 34.6. The Labute approximate surface area is 193 Å². The maximum Gasteiger partial charge on any atom is 0.261 e. The third-order valence-electron chi connectivity index (χ3n) is 5.89. The van der Waals surface area contributed by atoms with Crippen molar-refractivity contribution in [2.24, 2.45) is 0 Å². The smallest absolute Gasteiger partial charge is 0.261 e. The lowest BCUT2D eigenvalue weighted by Crippen LogP contribution is -2.40. The molecule has 1 aliphatic rings. The van der Waals surface area contributed by atoms with Crippen molar-refractivity contribution in [3.63, 3.8) is 0 Å². The number of benzene rings is 2. The number of hydrogen-bond donors (Lipinski definition) is 1. The minimum absolute atomic E-state index is 0.0211. The maximum atomic E-state index is 13.1. The van der Waals surface area contributed by atoms with E-state index in [2.05, 4.69) is 30.7 Å². The van der Waals surface area contributed by atoms with E-state index in [1.165, 1.54) is 5.56 Å². The fraction of sp³-hybridized carbons (Fsp3) is 0.423. The molecule has 4 rings (SSSR count). The molecule has 2 aromatic carbocycles. The SMILES string of the molecule is CC(C)(C)c1ccc(OCC(=O)N(Cc2nc3ccccc3c(=O)[nH]2)CC2CCCO2)cc1. The molecule has 1 fully saturated rings. The van der Waals surface area contributed by atoms with Crippen LogP contribution in [0.25, 0.3) is 10.9 Å². The molecule has 0 bridgehead atoms. The number of nitrogens with one attached hydrogen (secondary N) is 1. The van der Waals surface area contributed by atoms with Gasteiger partial charge >= 0.3 is 0 Å². The molecule has 0 aliphatic carbocycles. The molecule has 0 saturated carbocycles. The molecule has 174 valence electrons. The van der Waals surface area contributed by atoms with Crippen molar-refractivity contribution in [1.29, 1.82) is 0 Å². The van der Waals surface area contributed by atoms with Crippen molar-refractivity contribution in [3.05, 3.63) is 70.3 Å². The number of ether oxygens (including phenoxy) is 2. The van der Waals surface area contributed by atoms with Gasteiger partial charge in [0.25, 0.3) is 11.5 Å². The predicted molar refractivity (Wildman–Crippen MR) is 127 cm³/mol. The molecule has 33 heavy (non-hydrogen) atoms. The molecule has 1 atom stereocenters. The Morgan fingerprint density at radius 3 is 2.64 bits per heavy atom. The van der Waals surface area contributed by atoms with Gasteiger partial charge in [-0.1, -0.05) is 45.0 Å². The van der Waals surface area contributed by atoms with Crippen molar-refractivity contribution in [1.82, 2.24) is 14.9 Å². The Kier molecular flexibility index (Phi) is 6.79. The zero-order valence-electron chi connectivity index (χ0n) is 19.5. The summed E-state index contributed by atoms with van der Waals surface area (Å²) in [6.45, 7) is 7.68. The van der Waals surface area contributed by atoms with Gasteiger partial charge in [-0.25, -0.2) is 4.98 Å². The number of para-hydroxylation sites is 1. The number of hydrogen-bond acceptors (Lipinski definition) is 5. The lowest BCUT2D eigenvalue weighted by molar-refractivity contribution is -0.135. The quantitative estimate of drug-likeness (QED) is 0.593. The Hall–Kier alpha value is -3.19. The molecule has 3 aromatic rings. The van der Waals surface area contributed by atoms with Gasteiger partial charge in [-0.2, -0.15) is 0 Å². The zero-order chi connectivity index (χ0) is 23.4. The second-order valence-corrected chi connectivity index (χ2v) is 9.50. The summed E-state index contributed by atoms with van der Waals surface area (Å²) >= 11 is 0. The topological polar surface area (TPSA) is 84.5 Å². The lowest BCUT2D eigenvalue weighted by Gasteiger charge is -2.25. The van der Waals surface area contributed by atoms with Crippen LogP contribution in [0.5, 0.6) is 5.75 Å². The standard InChI is InChI=1S/C26H31N3O4/c1-26(2,3)18-10-12-19(13-11-18)33-17-24(30)29(15-20-7-6-14-32-20)16-23-27-22-9-5-4-8-21(22)25(31)28-23/h4-5,8-13,20H,6-7,14-17H2,1-3H3,(H,27,28,31). The van der Waals surface area contributed by atoms with E-state index in [0.717, 1.165) is 12.8 Å². The van der Waals surface area contributed by atoms with Crippen LogP contribution < -0.4 is 10.3 Å². The summed E-state index contributed by atoms with van der Waals surface area (Å²) in [6, 6.07) is 15.0. The van der Waals surface area contributed by atoms with Crippen LogP contribution in [0, 0.1) is 0 Å². The molecule has 1 aromatic heterocycles. The molecule has 7 nitrogen and oxygen atoms in total. The van der Waals surface area contributed by atoms with Crippen molar-refractivity contribution < 1.29 is 14.3 Å². The first-order chi connectivity index (χ1) is 15.8. The number of aromatic amines is 1. The van der Waals surface area contributed by atoms with E-state index in [4.69, 9.17) is 9.47 Å². The number of carbonyl (C=O) groups excluding carboxylic acids is 1. The number of fused-ring (bicyclic) bond motifs is 1. The number of carbonyl (C=O) groups is 1. The highest BCUT2D eigenvalue weighted by Gasteiger charge is 2.24. The first-order valence-electron chi connectivity index (χ1n) is 11.4. The lowest BCUT2D eigenvalue weighted by atomic mass is 9.87. The van der Waals surface area contributed by atoms with Crippen molar-refractivity contribution in [2.75, 3.05) is 19.8 Å². The summed E-state index contributed by atoms with van der Waals surface area (Å²) in [7, 11) is 0. The van der Waals surface area contributed by atoms with E-state index in [9.17, 15) is 9.59 Å². The van der Waals surface area contributed by atoms with Crippen LogP contribution >= 0.6 is 0 Å². The molecular formula is C26H31N3O4. The van der Waals surface area contributed by atoms with Gasteiger partial charge in [-0.15, -0.1) is 0 Å². The molecule has 0 spiro atoms. The molecular weight excluding hydrogens is 418 g/mol. The second-order valence-electron chi connectivity index (χ2n) is 9.50. The molecule has 1 saturated heterocycles. The van der Waals surface area contributed by atoms with Crippen LogP contribution in [0.2, 0.25) is 0 Å². The minimum atomic E-state index is -0.213. The van der Waals surface area contributed by atoms with Gasteiger partial charge in [0.1, 0.15) is 11.6 Å². The Balaban J connectivity index is 1.48. The Morgan fingerprint density at radius 2 is 1.94 bits per heavy atom. The van der Waals surface area contributed by atoms with Crippen molar-refractivity contribution >= 4 is 16.8 Å². The van der Waals surface area contributed by atoms with Gasteiger partial charge in [0.05, 0.1) is 23.6 Å². The summed E-state index contributed by atoms with van der Waals surface area (Å²) in [5, 5.41) is 0.528. The third-order valence-corrected chi connectivity index (χ3v) is 5.89. The largest absolute Gasteiger partial charge is 0.484 e. The number of nitrogens with zero attached hydrogens (tertiary/aromatic N) is 2. The molecule has 1 amide bonds. The summed E-state index contributed by atoms with van der Waals surface area (Å²) in [5.41, 5.74) is 1.65. The minimum Gasteiger partial charge on any atom is -0.484 e. The van der Waals surface area contributed by atoms with E-state index in [1.807, 2.05) is 30.3 Å². The predicted octanol–water partition coefficient (Wildman–Crippen LogP) is 3.81. The molecule has 1 N–H and O–H groups in total.